The predicted octanol–water partition coefficient (Wildman–Crippen LogP) is 2.97. The standard InChI is InChI=1S/C16H26N2O/c1-4-10-17-13(2)14-5-7-15(8-6-14)18-11-9-16(12-18)19-3/h5-8,13,16-17H,4,9-12H2,1-3H3. The highest BCUT2D eigenvalue weighted by molar-refractivity contribution is 5.49. The first-order valence-electron chi connectivity index (χ1n) is 7.35. The molecule has 0 bridgehead atoms. The lowest BCUT2D eigenvalue weighted by atomic mass is 10.1. The Labute approximate surface area is 116 Å². The number of nitrogens with zero attached hydrogens (tertiary/aromatic N) is 1. The fourth-order valence-corrected chi connectivity index (χ4v) is 2.61. The molecule has 1 aromatic carbocycles. The van der Waals surface area contributed by atoms with Gasteiger partial charge in [-0.3, -0.25) is 0 Å². The van der Waals surface area contributed by atoms with Gasteiger partial charge in [-0.25, -0.2) is 0 Å². The molecule has 0 aromatic heterocycles. The summed E-state index contributed by atoms with van der Waals surface area (Å²) in [5.74, 6) is 0. The van der Waals surface area contributed by atoms with Crippen LogP contribution in [0.4, 0.5) is 5.69 Å². The van der Waals surface area contributed by atoms with Crippen LogP contribution in [0.2, 0.25) is 0 Å². The van der Waals surface area contributed by atoms with E-state index in [0.717, 1.165) is 26.1 Å². The third-order valence-corrected chi connectivity index (χ3v) is 3.94. The fraction of sp³-hybridized carbons (Fsp3) is 0.625. The molecule has 1 aromatic rings. The first kappa shape index (κ1) is 14.4. The van der Waals surface area contributed by atoms with Crippen LogP contribution in [0.5, 0.6) is 0 Å². The van der Waals surface area contributed by atoms with Gasteiger partial charge >= 0.3 is 0 Å². The minimum atomic E-state index is 0.393. The molecule has 2 atom stereocenters. The van der Waals surface area contributed by atoms with Crippen molar-refractivity contribution in [2.45, 2.75) is 38.8 Å². The quantitative estimate of drug-likeness (QED) is 0.853. The molecule has 0 amide bonds. The van der Waals surface area contributed by atoms with Crippen LogP contribution in [0.3, 0.4) is 0 Å². The smallest absolute Gasteiger partial charge is 0.0762 e. The Morgan fingerprint density at radius 3 is 2.68 bits per heavy atom. The monoisotopic (exact) mass is 262 g/mol. The molecule has 1 aliphatic rings. The molecule has 1 N–H and O–H groups in total. The van der Waals surface area contributed by atoms with Gasteiger partial charge in [-0.05, 0) is 44.0 Å². The van der Waals surface area contributed by atoms with Gasteiger partial charge in [0.2, 0.25) is 0 Å². The zero-order valence-electron chi connectivity index (χ0n) is 12.4. The molecule has 1 aliphatic heterocycles. The Kier molecular flexibility index (Phi) is 5.23. The SMILES string of the molecule is CCCNC(C)c1ccc(N2CCC(OC)C2)cc1. The summed E-state index contributed by atoms with van der Waals surface area (Å²) in [6.45, 7) is 7.61. The average Bonchev–Trinajstić information content (AvgIpc) is 2.94. The summed E-state index contributed by atoms with van der Waals surface area (Å²) in [5, 5.41) is 3.52. The van der Waals surface area contributed by atoms with Crippen LogP contribution >= 0.6 is 0 Å². The van der Waals surface area contributed by atoms with E-state index in [-0.39, 0.29) is 0 Å². The van der Waals surface area contributed by atoms with Crippen molar-refractivity contribution in [2.75, 3.05) is 31.6 Å². The lowest BCUT2D eigenvalue weighted by molar-refractivity contribution is 0.121. The van der Waals surface area contributed by atoms with E-state index in [9.17, 15) is 0 Å². The number of methoxy groups -OCH3 is 1. The lowest BCUT2D eigenvalue weighted by Gasteiger charge is -2.20. The van der Waals surface area contributed by atoms with Crippen LogP contribution in [0.25, 0.3) is 0 Å². The molecular weight excluding hydrogens is 236 g/mol. The van der Waals surface area contributed by atoms with Crippen LogP contribution < -0.4 is 10.2 Å². The Hall–Kier alpha value is -1.06. The highest BCUT2D eigenvalue weighted by Gasteiger charge is 2.22. The maximum absolute atomic E-state index is 5.42. The highest BCUT2D eigenvalue weighted by atomic mass is 16.5. The van der Waals surface area contributed by atoms with Crippen molar-refractivity contribution in [1.82, 2.24) is 5.32 Å². The molecule has 3 heteroatoms. The van der Waals surface area contributed by atoms with Gasteiger partial charge in [-0.15, -0.1) is 0 Å². The van der Waals surface area contributed by atoms with Crippen LogP contribution in [0.1, 0.15) is 38.3 Å². The van der Waals surface area contributed by atoms with E-state index < -0.39 is 0 Å². The molecule has 19 heavy (non-hydrogen) atoms. The Balaban J connectivity index is 1.95. The summed E-state index contributed by atoms with van der Waals surface area (Å²) in [5.41, 5.74) is 2.67. The number of ether oxygens (including phenoxy) is 1. The van der Waals surface area contributed by atoms with Gasteiger partial charge in [-0.2, -0.15) is 0 Å². The summed E-state index contributed by atoms with van der Waals surface area (Å²) < 4.78 is 5.42. The average molecular weight is 262 g/mol. The number of anilines is 1. The molecule has 0 spiro atoms. The van der Waals surface area contributed by atoms with Crippen molar-refractivity contribution in [3.63, 3.8) is 0 Å². The van der Waals surface area contributed by atoms with E-state index in [2.05, 4.69) is 48.3 Å². The van der Waals surface area contributed by atoms with Gasteiger partial charge in [0, 0.05) is 31.9 Å². The van der Waals surface area contributed by atoms with Gasteiger partial charge in [0.25, 0.3) is 0 Å². The van der Waals surface area contributed by atoms with E-state index in [4.69, 9.17) is 4.74 Å². The van der Waals surface area contributed by atoms with Crippen molar-refractivity contribution in [3.05, 3.63) is 29.8 Å². The number of rotatable bonds is 6. The van der Waals surface area contributed by atoms with Gasteiger partial charge in [0.05, 0.1) is 6.10 Å². The summed E-state index contributed by atoms with van der Waals surface area (Å²) in [7, 11) is 1.80. The molecular formula is C16H26N2O. The third-order valence-electron chi connectivity index (χ3n) is 3.94. The second-order valence-electron chi connectivity index (χ2n) is 5.36. The van der Waals surface area contributed by atoms with Crippen molar-refractivity contribution in [3.8, 4) is 0 Å². The minimum absolute atomic E-state index is 0.393. The second kappa shape index (κ2) is 6.92. The second-order valence-corrected chi connectivity index (χ2v) is 5.36. The molecule has 0 saturated carbocycles. The zero-order valence-corrected chi connectivity index (χ0v) is 12.4. The van der Waals surface area contributed by atoms with Gasteiger partial charge < -0.3 is 15.0 Å². The Bertz CT molecular complexity index is 377. The molecule has 2 unspecified atom stereocenters. The van der Waals surface area contributed by atoms with Gasteiger partial charge in [0.1, 0.15) is 0 Å². The molecule has 1 heterocycles. The summed E-state index contributed by atoms with van der Waals surface area (Å²) in [4.78, 5) is 2.40. The highest BCUT2D eigenvalue weighted by Crippen LogP contribution is 2.23. The normalized spacial score (nSPS) is 20.8. The fourth-order valence-electron chi connectivity index (χ4n) is 2.61. The predicted molar refractivity (Wildman–Crippen MR) is 80.8 cm³/mol. The largest absolute Gasteiger partial charge is 0.380 e. The minimum Gasteiger partial charge on any atom is -0.380 e. The van der Waals surface area contributed by atoms with Crippen molar-refractivity contribution < 1.29 is 4.74 Å². The van der Waals surface area contributed by atoms with Crippen molar-refractivity contribution in [2.24, 2.45) is 0 Å². The maximum atomic E-state index is 5.42. The Morgan fingerprint density at radius 1 is 1.37 bits per heavy atom. The first-order valence-corrected chi connectivity index (χ1v) is 7.35. The van der Waals surface area contributed by atoms with Gasteiger partial charge in [-0.1, -0.05) is 19.1 Å². The number of benzene rings is 1. The summed E-state index contributed by atoms with van der Waals surface area (Å²) >= 11 is 0. The summed E-state index contributed by atoms with van der Waals surface area (Å²) in [6.07, 6.45) is 2.70. The van der Waals surface area contributed by atoms with E-state index in [0.29, 0.717) is 12.1 Å². The first-order chi connectivity index (χ1) is 9.24. The lowest BCUT2D eigenvalue weighted by Crippen LogP contribution is -2.22. The van der Waals surface area contributed by atoms with Crippen molar-refractivity contribution >= 4 is 5.69 Å². The van der Waals surface area contributed by atoms with Crippen LogP contribution in [0.15, 0.2) is 24.3 Å². The number of hydrogen-bond donors (Lipinski definition) is 1. The zero-order chi connectivity index (χ0) is 13.7. The molecule has 1 saturated heterocycles. The summed E-state index contributed by atoms with van der Waals surface area (Å²) in [6, 6.07) is 9.37. The van der Waals surface area contributed by atoms with E-state index >= 15 is 0 Å². The van der Waals surface area contributed by atoms with E-state index in [1.807, 2.05) is 0 Å². The number of hydrogen-bond acceptors (Lipinski definition) is 3. The molecule has 3 nitrogen and oxygen atoms in total. The Morgan fingerprint density at radius 2 is 2.11 bits per heavy atom. The maximum Gasteiger partial charge on any atom is 0.0762 e. The molecule has 1 fully saturated rings. The molecule has 0 radical (unpaired) electrons. The molecule has 106 valence electrons. The van der Waals surface area contributed by atoms with Crippen LogP contribution in [-0.4, -0.2) is 32.8 Å². The molecule has 2 rings (SSSR count). The third kappa shape index (κ3) is 3.71. The van der Waals surface area contributed by atoms with Crippen LogP contribution in [0, 0.1) is 0 Å². The van der Waals surface area contributed by atoms with Crippen molar-refractivity contribution in [1.29, 1.82) is 0 Å². The van der Waals surface area contributed by atoms with Gasteiger partial charge in [0.15, 0.2) is 0 Å². The topological polar surface area (TPSA) is 24.5 Å². The van der Waals surface area contributed by atoms with E-state index in [1.165, 1.54) is 17.7 Å². The molecule has 0 aliphatic carbocycles. The number of nitrogens with one attached hydrogen (secondary N) is 1. The van der Waals surface area contributed by atoms with Crippen LogP contribution in [-0.2, 0) is 4.74 Å². The van der Waals surface area contributed by atoms with E-state index in [1.54, 1.807) is 7.11 Å².